The van der Waals surface area contributed by atoms with Crippen molar-refractivity contribution in [1.29, 1.82) is 0 Å². The van der Waals surface area contributed by atoms with Gasteiger partial charge in [-0.15, -0.1) is 0 Å². The average Bonchev–Trinajstić information content (AvgIpc) is 3.06. The number of aromatic nitrogens is 3. The average molecular weight is 300 g/mol. The fourth-order valence-electron chi connectivity index (χ4n) is 2.73. The van der Waals surface area contributed by atoms with Crippen LogP contribution < -0.4 is 5.32 Å². The molecule has 0 radical (unpaired) electrons. The van der Waals surface area contributed by atoms with Crippen molar-refractivity contribution in [1.82, 2.24) is 14.5 Å². The van der Waals surface area contributed by atoms with Crippen molar-refractivity contribution in [2.75, 3.05) is 12.4 Å². The van der Waals surface area contributed by atoms with Crippen molar-refractivity contribution in [3.05, 3.63) is 73.3 Å². The predicted molar refractivity (Wildman–Crippen MR) is 93.8 cm³/mol. The molecule has 0 spiro atoms. The van der Waals surface area contributed by atoms with Gasteiger partial charge in [-0.25, -0.2) is 4.98 Å². The lowest BCUT2D eigenvalue weighted by Gasteiger charge is -2.07. The van der Waals surface area contributed by atoms with Gasteiger partial charge >= 0.3 is 0 Å². The first-order valence-corrected chi connectivity index (χ1v) is 7.51. The third kappa shape index (κ3) is 2.44. The second-order valence-corrected chi connectivity index (χ2v) is 5.36. The summed E-state index contributed by atoms with van der Waals surface area (Å²) in [5.74, 6) is 0.890. The summed E-state index contributed by atoms with van der Waals surface area (Å²) in [6.45, 7) is 0. The summed E-state index contributed by atoms with van der Waals surface area (Å²) in [7, 11) is 1.92. The lowest BCUT2D eigenvalue weighted by atomic mass is 10.1. The maximum Gasteiger partial charge on any atom is 0.137 e. The molecule has 3 heterocycles. The molecule has 0 bridgehead atoms. The van der Waals surface area contributed by atoms with Crippen LogP contribution in [0, 0.1) is 0 Å². The van der Waals surface area contributed by atoms with Crippen molar-refractivity contribution in [3.63, 3.8) is 0 Å². The van der Waals surface area contributed by atoms with E-state index in [-0.39, 0.29) is 0 Å². The minimum Gasteiger partial charge on any atom is -0.388 e. The van der Waals surface area contributed by atoms with Gasteiger partial charge in [0.1, 0.15) is 5.82 Å². The molecule has 0 aliphatic heterocycles. The normalized spacial score (nSPS) is 10.8. The molecule has 0 unspecified atom stereocenters. The minimum absolute atomic E-state index is 0.890. The number of rotatable bonds is 3. The Morgan fingerprint density at radius 3 is 2.74 bits per heavy atom. The Morgan fingerprint density at radius 2 is 1.91 bits per heavy atom. The molecule has 23 heavy (non-hydrogen) atoms. The van der Waals surface area contributed by atoms with E-state index >= 15 is 0 Å². The molecule has 0 amide bonds. The van der Waals surface area contributed by atoms with Crippen molar-refractivity contribution < 1.29 is 0 Å². The van der Waals surface area contributed by atoms with E-state index < -0.39 is 0 Å². The fraction of sp³-hybridized carbons (Fsp3) is 0.0526. The summed E-state index contributed by atoms with van der Waals surface area (Å²) in [5.41, 5.74) is 4.40. The van der Waals surface area contributed by atoms with Crippen LogP contribution in [0.2, 0.25) is 0 Å². The highest BCUT2D eigenvalue weighted by Crippen LogP contribution is 2.24. The monoisotopic (exact) mass is 300 g/mol. The van der Waals surface area contributed by atoms with Crippen LogP contribution in [0.15, 0.2) is 73.3 Å². The van der Waals surface area contributed by atoms with Crippen LogP contribution in [0.25, 0.3) is 27.8 Å². The molecule has 0 saturated heterocycles. The number of nitrogens with zero attached hydrogens (tertiary/aromatic N) is 3. The lowest BCUT2D eigenvalue weighted by molar-refractivity contribution is 1.04. The van der Waals surface area contributed by atoms with Gasteiger partial charge in [0, 0.05) is 42.3 Å². The second-order valence-electron chi connectivity index (χ2n) is 5.36. The zero-order valence-corrected chi connectivity index (χ0v) is 12.8. The van der Waals surface area contributed by atoms with Crippen LogP contribution in [-0.4, -0.2) is 21.6 Å². The summed E-state index contributed by atoms with van der Waals surface area (Å²) in [6.07, 6.45) is 7.60. The van der Waals surface area contributed by atoms with Gasteiger partial charge < -0.3 is 5.32 Å². The number of hydrogen-bond acceptors (Lipinski definition) is 3. The van der Waals surface area contributed by atoms with E-state index in [1.165, 1.54) is 0 Å². The van der Waals surface area contributed by atoms with Crippen LogP contribution in [0.4, 0.5) is 5.69 Å². The molecule has 0 atom stereocenters. The first-order chi connectivity index (χ1) is 11.3. The van der Waals surface area contributed by atoms with Crippen molar-refractivity contribution in [2.24, 2.45) is 0 Å². The largest absolute Gasteiger partial charge is 0.388 e. The Bertz CT molecular complexity index is 954. The van der Waals surface area contributed by atoms with Gasteiger partial charge in [0.25, 0.3) is 0 Å². The number of fused-ring (bicyclic) bond motifs is 1. The van der Waals surface area contributed by atoms with Crippen molar-refractivity contribution in [3.8, 4) is 16.9 Å². The molecule has 0 aliphatic rings. The summed E-state index contributed by atoms with van der Waals surface area (Å²) in [4.78, 5) is 8.82. The van der Waals surface area contributed by atoms with Gasteiger partial charge in [-0.05, 0) is 42.0 Å². The summed E-state index contributed by atoms with van der Waals surface area (Å²) < 4.78 is 2.05. The highest BCUT2D eigenvalue weighted by atomic mass is 15.1. The molecule has 0 aliphatic carbocycles. The molecular formula is C19H16N4. The lowest BCUT2D eigenvalue weighted by Crippen LogP contribution is -1.96. The summed E-state index contributed by atoms with van der Waals surface area (Å²) in [6, 6.07) is 16.5. The third-order valence-electron chi connectivity index (χ3n) is 3.97. The Kier molecular flexibility index (Phi) is 3.27. The Balaban J connectivity index is 1.73. The molecule has 1 N–H and O–H groups in total. The number of anilines is 1. The van der Waals surface area contributed by atoms with E-state index in [4.69, 9.17) is 0 Å². The molecule has 4 heteroatoms. The standard InChI is InChI=1S/C19H16N4/c1-20-17-4-2-3-15(11-17)16-5-6-19(22-12-16)23-10-8-14-7-9-21-13-18(14)23/h2-13,20H,1H3. The highest BCUT2D eigenvalue weighted by Gasteiger charge is 2.05. The maximum absolute atomic E-state index is 4.62. The Morgan fingerprint density at radius 1 is 0.957 bits per heavy atom. The van der Waals surface area contributed by atoms with Crippen LogP contribution in [0.5, 0.6) is 0 Å². The zero-order chi connectivity index (χ0) is 15.6. The minimum atomic E-state index is 0.890. The summed E-state index contributed by atoms with van der Waals surface area (Å²) in [5, 5.41) is 4.32. The van der Waals surface area contributed by atoms with Crippen LogP contribution >= 0.6 is 0 Å². The van der Waals surface area contributed by atoms with Gasteiger partial charge in [-0.1, -0.05) is 12.1 Å². The number of hydrogen-bond donors (Lipinski definition) is 1. The quantitative estimate of drug-likeness (QED) is 0.618. The second kappa shape index (κ2) is 5.57. The predicted octanol–water partition coefficient (Wildman–Crippen LogP) is 4.13. The van der Waals surface area contributed by atoms with E-state index in [0.29, 0.717) is 0 Å². The van der Waals surface area contributed by atoms with E-state index in [2.05, 4.69) is 44.1 Å². The molecule has 3 aromatic heterocycles. The molecule has 4 aromatic rings. The molecule has 4 nitrogen and oxygen atoms in total. The number of benzene rings is 1. The SMILES string of the molecule is CNc1cccc(-c2ccc(-n3ccc4ccncc43)nc2)c1. The van der Waals surface area contributed by atoms with E-state index in [1.807, 2.05) is 49.9 Å². The molecule has 0 saturated carbocycles. The van der Waals surface area contributed by atoms with Crippen LogP contribution in [0.1, 0.15) is 0 Å². The maximum atomic E-state index is 4.62. The van der Waals surface area contributed by atoms with Gasteiger partial charge in [0.15, 0.2) is 0 Å². The first kappa shape index (κ1) is 13.5. The van der Waals surface area contributed by atoms with Crippen molar-refractivity contribution in [2.45, 2.75) is 0 Å². The molecule has 4 rings (SSSR count). The third-order valence-corrected chi connectivity index (χ3v) is 3.97. The fourth-order valence-corrected chi connectivity index (χ4v) is 2.73. The van der Waals surface area contributed by atoms with E-state index in [0.717, 1.165) is 33.5 Å². The smallest absolute Gasteiger partial charge is 0.137 e. The zero-order valence-electron chi connectivity index (χ0n) is 12.8. The van der Waals surface area contributed by atoms with Gasteiger partial charge in [-0.3, -0.25) is 9.55 Å². The molecule has 1 aromatic carbocycles. The molecule has 112 valence electrons. The van der Waals surface area contributed by atoms with Gasteiger partial charge in [0.05, 0.1) is 11.7 Å². The number of pyridine rings is 2. The summed E-state index contributed by atoms with van der Waals surface area (Å²) >= 11 is 0. The van der Waals surface area contributed by atoms with Crippen molar-refractivity contribution >= 4 is 16.6 Å². The van der Waals surface area contributed by atoms with Gasteiger partial charge in [-0.2, -0.15) is 0 Å². The van der Waals surface area contributed by atoms with E-state index in [1.54, 1.807) is 6.20 Å². The molecular weight excluding hydrogens is 284 g/mol. The Hall–Kier alpha value is -3.14. The topological polar surface area (TPSA) is 42.7 Å². The highest BCUT2D eigenvalue weighted by molar-refractivity contribution is 5.80. The number of nitrogens with one attached hydrogen (secondary N) is 1. The molecule has 0 fully saturated rings. The van der Waals surface area contributed by atoms with Crippen LogP contribution in [-0.2, 0) is 0 Å². The van der Waals surface area contributed by atoms with Gasteiger partial charge in [0.2, 0.25) is 0 Å². The van der Waals surface area contributed by atoms with Crippen LogP contribution in [0.3, 0.4) is 0 Å². The Labute approximate surface area is 134 Å². The first-order valence-electron chi connectivity index (χ1n) is 7.51. The van der Waals surface area contributed by atoms with E-state index in [9.17, 15) is 0 Å².